The fourth-order valence-corrected chi connectivity index (χ4v) is 4.99. The first-order valence-electron chi connectivity index (χ1n) is 11.5. The van der Waals surface area contributed by atoms with Crippen molar-refractivity contribution in [2.24, 2.45) is 5.41 Å². The van der Waals surface area contributed by atoms with E-state index in [1.54, 1.807) is 30.6 Å². The first-order chi connectivity index (χ1) is 17.4. The van der Waals surface area contributed by atoms with E-state index in [1.165, 1.54) is 12.0 Å². The van der Waals surface area contributed by atoms with Crippen LogP contribution in [0.3, 0.4) is 0 Å². The number of nitrogens with zero attached hydrogens (tertiary/aromatic N) is 5. The third-order valence-corrected chi connectivity index (χ3v) is 6.99. The molecule has 1 aromatic carbocycles. The Morgan fingerprint density at radius 3 is 2.69 bits per heavy atom. The maximum absolute atomic E-state index is 13.8. The molecule has 36 heavy (non-hydrogen) atoms. The van der Waals surface area contributed by atoms with Gasteiger partial charge < -0.3 is 24.8 Å². The molecular formula is C24H27N7O5. The zero-order valence-electron chi connectivity index (χ0n) is 20.0. The Kier molecular flexibility index (Phi) is 6.08. The zero-order valence-corrected chi connectivity index (χ0v) is 20.0. The summed E-state index contributed by atoms with van der Waals surface area (Å²) in [5.41, 5.74) is 1.65. The molecule has 3 aromatic rings. The van der Waals surface area contributed by atoms with Crippen molar-refractivity contribution in [2.45, 2.75) is 18.9 Å². The number of anilines is 2. The molecule has 12 nitrogen and oxygen atoms in total. The number of likely N-dealkylation sites (tertiary alicyclic amines) is 1. The number of methoxy groups -OCH3 is 2. The highest BCUT2D eigenvalue weighted by molar-refractivity contribution is 6.01. The van der Waals surface area contributed by atoms with Crippen LogP contribution in [0.5, 0.6) is 11.6 Å². The molecule has 2 fully saturated rings. The maximum atomic E-state index is 13.8. The number of H-pyrrole nitrogens is 1. The van der Waals surface area contributed by atoms with Crippen molar-refractivity contribution >= 4 is 23.6 Å². The van der Waals surface area contributed by atoms with Gasteiger partial charge in [-0.2, -0.15) is 10.1 Å². The summed E-state index contributed by atoms with van der Waals surface area (Å²) >= 11 is 0. The van der Waals surface area contributed by atoms with Gasteiger partial charge in [0.05, 0.1) is 26.0 Å². The van der Waals surface area contributed by atoms with Crippen LogP contribution in [0, 0.1) is 5.41 Å². The number of rotatable bonds is 6. The molecule has 12 heteroatoms. The van der Waals surface area contributed by atoms with Gasteiger partial charge in [0, 0.05) is 54.8 Å². The molecule has 2 saturated heterocycles. The molecule has 2 aliphatic rings. The van der Waals surface area contributed by atoms with Gasteiger partial charge in [0.2, 0.25) is 11.8 Å². The standard InChI is InChI=1S/C24H27N7O5/c1-35-17-5-3-4-16(10-17)28-19-21(32)31(14-24(19)6-8-30(9-7-24)23(33)34)22-25-13-18(20(29-22)36-2)15-11-26-27-12-15/h3-5,10-13,19,28H,6-9,14H2,1-2H3,(H,26,27)(H,33,34). The van der Waals surface area contributed by atoms with E-state index in [1.807, 2.05) is 24.3 Å². The molecule has 0 radical (unpaired) electrons. The topological polar surface area (TPSA) is 146 Å². The van der Waals surface area contributed by atoms with Gasteiger partial charge in [-0.05, 0) is 25.0 Å². The predicted octanol–water partition coefficient (Wildman–Crippen LogP) is 2.47. The largest absolute Gasteiger partial charge is 0.497 e. The number of hydrogen-bond acceptors (Lipinski definition) is 8. The lowest BCUT2D eigenvalue weighted by Gasteiger charge is -2.41. The third kappa shape index (κ3) is 4.14. The number of nitrogens with one attached hydrogen (secondary N) is 2. The molecule has 4 heterocycles. The van der Waals surface area contributed by atoms with E-state index in [0.717, 1.165) is 11.3 Å². The van der Waals surface area contributed by atoms with Gasteiger partial charge >= 0.3 is 6.09 Å². The zero-order chi connectivity index (χ0) is 25.3. The highest BCUT2D eigenvalue weighted by Gasteiger charge is 2.55. The molecule has 1 atom stereocenters. The van der Waals surface area contributed by atoms with Crippen LogP contribution < -0.4 is 19.7 Å². The van der Waals surface area contributed by atoms with Crippen molar-refractivity contribution in [2.75, 3.05) is 44.1 Å². The first-order valence-corrected chi connectivity index (χ1v) is 11.5. The van der Waals surface area contributed by atoms with E-state index in [2.05, 4.69) is 25.5 Å². The van der Waals surface area contributed by atoms with E-state index >= 15 is 0 Å². The number of piperidine rings is 1. The van der Waals surface area contributed by atoms with Gasteiger partial charge in [0.15, 0.2) is 0 Å². The third-order valence-electron chi connectivity index (χ3n) is 6.99. The molecule has 1 spiro atoms. The fraction of sp³-hybridized carbons (Fsp3) is 0.375. The lowest BCUT2D eigenvalue weighted by atomic mass is 9.74. The molecule has 2 amide bonds. The monoisotopic (exact) mass is 493 g/mol. The number of benzene rings is 1. The average Bonchev–Trinajstić information content (AvgIpc) is 3.52. The van der Waals surface area contributed by atoms with Gasteiger partial charge in [-0.15, -0.1) is 0 Å². The molecule has 1 unspecified atom stereocenters. The number of aromatic nitrogens is 4. The second-order valence-electron chi connectivity index (χ2n) is 8.95. The van der Waals surface area contributed by atoms with Crippen LogP contribution >= 0.6 is 0 Å². The Hall–Kier alpha value is -4.35. The smallest absolute Gasteiger partial charge is 0.407 e. The van der Waals surface area contributed by atoms with Crippen LogP contribution in [0.15, 0.2) is 42.9 Å². The Bertz CT molecular complexity index is 1260. The quantitative estimate of drug-likeness (QED) is 0.471. The molecule has 5 rings (SSSR count). The molecule has 0 aliphatic carbocycles. The second kappa shape index (κ2) is 9.36. The van der Waals surface area contributed by atoms with Gasteiger partial charge in [-0.3, -0.25) is 14.8 Å². The summed E-state index contributed by atoms with van der Waals surface area (Å²) in [6.45, 7) is 1.04. The summed E-state index contributed by atoms with van der Waals surface area (Å²) in [6.07, 6.45) is 5.05. The Labute approximate surface area is 207 Å². The van der Waals surface area contributed by atoms with E-state index in [0.29, 0.717) is 49.7 Å². The van der Waals surface area contributed by atoms with Crippen molar-refractivity contribution in [1.29, 1.82) is 0 Å². The molecule has 3 N–H and O–H groups in total. The van der Waals surface area contributed by atoms with Crippen molar-refractivity contribution in [3.05, 3.63) is 42.9 Å². The van der Waals surface area contributed by atoms with Crippen molar-refractivity contribution in [3.63, 3.8) is 0 Å². The van der Waals surface area contributed by atoms with E-state index in [9.17, 15) is 14.7 Å². The van der Waals surface area contributed by atoms with Gasteiger partial charge in [-0.25, -0.2) is 9.78 Å². The minimum atomic E-state index is -0.953. The van der Waals surface area contributed by atoms with Crippen LogP contribution in [0.2, 0.25) is 0 Å². The summed E-state index contributed by atoms with van der Waals surface area (Å²) in [6, 6.07) is 6.79. The van der Waals surface area contributed by atoms with Crippen molar-refractivity contribution in [3.8, 4) is 22.8 Å². The molecule has 188 valence electrons. The lowest BCUT2D eigenvalue weighted by Crippen LogP contribution is -2.50. The van der Waals surface area contributed by atoms with E-state index in [-0.39, 0.29) is 11.9 Å². The molecular weight excluding hydrogens is 466 g/mol. The summed E-state index contributed by atoms with van der Waals surface area (Å²) in [5.74, 6) is 1.05. The SMILES string of the molecule is COc1cccc(NC2C(=O)N(c3ncc(-c4cn[nH]c4)c(OC)n3)CC23CCN(C(=O)O)CC3)c1. The van der Waals surface area contributed by atoms with Crippen LogP contribution in [0.1, 0.15) is 12.8 Å². The minimum absolute atomic E-state index is 0.181. The van der Waals surface area contributed by atoms with Crippen LogP contribution in [0.4, 0.5) is 16.4 Å². The normalized spacial score (nSPS) is 18.9. The number of aromatic amines is 1. The Morgan fingerprint density at radius 1 is 1.22 bits per heavy atom. The second-order valence-corrected chi connectivity index (χ2v) is 8.95. The Morgan fingerprint density at radius 2 is 2.03 bits per heavy atom. The summed E-state index contributed by atoms with van der Waals surface area (Å²) in [5, 5.41) is 19.6. The number of carboxylic acid groups (broad SMARTS) is 1. The van der Waals surface area contributed by atoms with Crippen LogP contribution in [-0.4, -0.2) is 82.1 Å². The highest BCUT2D eigenvalue weighted by Crippen LogP contribution is 2.44. The van der Waals surface area contributed by atoms with Crippen molar-refractivity contribution in [1.82, 2.24) is 25.1 Å². The number of carbonyl (C=O) groups excluding carboxylic acids is 1. The summed E-state index contributed by atoms with van der Waals surface area (Å²) < 4.78 is 10.8. The lowest BCUT2D eigenvalue weighted by molar-refractivity contribution is -0.119. The van der Waals surface area contributed by atoms with E-state index < -0.39 is 17.6 Å². The number of ether oxygens (including phenoxy) is 2. The average molecular weight is 494 g/mol. The minimum Gasteiger partial charge on any atom is -0.497 e. The highest BCUT2D eigenvalue weighted by atomic mass is 16.5. The molecule has 2 aliphatic heterocycles. The van der Waals surface area contributed by atoms with Gasteiger partial charge in [0.1, 0.15) is 11.8 Å². The molecule has 0 saturated carbocycles. The molecule has 2 aromatic heterocycles. The van der Waals surface area contributed by atoms with E-state index in [4.69, 9.17) is 9.47 Å². The maximum Gasteiger partial charge on any atom is 0.407 e. The summed E-state index contributed by atoms with van der Waals surface area (Å²) in [4.78, 5) is 37.4. The van der Waals surface area contributed by atoms with Crippen LogP contribution in [-0.2, 0) is 4.79 Å². The summed E-state index contributed by atoms with van der Waals surface area (Å²) in [7, 11) is 3.10. The fourth-order valence-electron chi connectivity index (χ4n) is 4.99. The number of amides is 2. The number of hydrogen-bond donors (Lipinski definition) is 3. The Balaban J connectivity index is 1.48. The van der Waals surface area contributed by atoms with Crippen molar-refractivity contribution < 1.29 is 24.2 Å². The first kappa shape index (κ1) is 23.4. The van der Waals surface area contributed by atoms with Crippen LogP contribution in [0.25, 0.3) is 11.1 Å². The van der Waals surface area contributed by atoms with Gasteiger partial charge in [-0.1, -0.05) is 6.07 Å². The van der Waals surface area contributed by atoms with Gasteiger partial charge in [0.25, 0.3) is 5.91 Å². The predicted molar refractivity (Wildman–Crippen MR) is 130 cm³/mol. The molecule has 0 bridgehead atoms. The number of carbonyl (C=O) groups is 2.